The van der Waals surface area contributed by atoms with Gasteiger partial charge in [-0.2, -0.15) is 0 Å². The second-order valence-electron chi connectivity index (χ2n) is 2.80. The van der Waals surface area contributed by atoms with Crippen LogP contribution in [-0.2, 0) is 6.61 Å². The van der Waals surface area contributed by atoms with E-state index >= 15 is 0 Å². The van der Waals surface area contributed by atoms with E-state index in [1.54, 1.807) is 0 Å². The number of aliphatic hydroxyl groups is 1. The van der Waals surface area contributed by atoms with Gasteiger partial charge >= 0.3 is 0 Å². The lowest BCUT2D eigenvalue weighted by molar-refractivity contribution is 0.280. The second-order valence-corrected chi connectivity index (χ2v) is 3.82. The summed E-state index contributed by atoms with van der Waals surface area (Å²) in [7, 11) is 0. The van der Waals surface area contributed by atoms with Crippen LogP contribution < -0.4 is 4.74 Å². The first kappa shape index (κ1) is 10.9. The zero-order valence-electron chi connectivity index (χ0n) is 7.85. The summed E-state index contributed by atoms with van der Waals surface area (Å²) in [4.78, 5) is 0. The summed E-state index contributed by atoms with van der Waals surface area (Å²) in [5.41, 5.74) is 0. The van der Waals surface area contributed by atoms with Gasteiger partial charge in [0.15, 0.2) is 11.6 Å². The zero-order chi connectivity index (χ0) is 11.5. The van der Waals surface area contributed by atoms with Crippen LogP contribution in [-0.4, -0.2) is 15.3 Å². The Morgan fingerprint density at radius 1 is 1.25 bits per heavy atom. The number of halogens is 2. The Hall–Kier alpha value is -1.60. The van der Waals surface area contributed by atoms with Crippen molar-refractivity contribution in [3.63, 3.8) is 0 Å². The molecule has 0 saturated heterocycles. The molecule has 1 aromatic carbocycles. The molecule has 2 aromatic rings. The van der Waals surface area contributed by atoms with Crippen LogP contribution in [0.5, 0.6) is 10.9 Å². The number of benzene rings is 1. The molecule has 0 unspecified atom stereocenters. The molecule has 16 heavy (non-hydrogen) atoms. The molecule has 2 rings (SSSR count). The maximum atomic E-state index is 12.8. The van der Waals surface area contributed by atoms with Crippen LogP contribution in [0.25, 0.3) is 0 Å². The fourth-order valence-electron chi connectivity index (χ4n) is 0.985. The SMILES string of the molecule is OCc1nnc(Oc2ccc(F)c(F)c2)s1. The smallest absolute Gasteiger partial charge is 0.299 e. The zero-order valence-corrected chi connectivity index (χ0v) is 8.67. The van der Waals surface area contributed by atoms with E-state index in [1.807, 2.05) is 0 Å². The van der Waals surface area contributed by atoms with Crippen molar-refractivity contribution in [2.75, 3.05) is 0 Å². The Morgan fingerprint density at radius 3 is 2.69 bits per heavy atom. The lowest BCUT2D eigenvalue weighted by Crippen LogP contribution is -1.87. The third-order valence-electron chi connectivity index (χ3n) is 1.68. The summed E-state index contributed by atoms with van der Waals surface area (Å²) in [5, 5.41) is 16.5. The Labute approximate surface area is 93.1 Å². The van der Waals surface area contributed by atoms with Crippen molar-refractivity contribution >= 4 is 11.3 Å². The number of rotatable bonds is 3. The highest BCUT2D eigenvalue weighted by Gasteiger charge is 2.08. The summed E-state index contributed by atoms with van der Waals surface area (Å²) in [6, 6.07) is 3.15. The van der Waals surface area contributed by atoms with Gasteiger partial charge in [-0.1, -0.05) is 16.4 Å². The van der Waals surface area contributed by atoms with Gasteiger partial charge in [0, 0.05) is 6.07 Å². The maximum Gasteiger partial charge on any atom is 0.299 e. The van der Waals surface area contributed by atoms with Crippen LogP contribution in [0.1, 0.15) is 5.01 Å². The third-order valence-corrected chi connectivity index (χ3v) is 2.47. The van der Waals surface area contributed by atoms with E-state index in [2.05, 4.69) is 10.2 Å². The van der Waals surface area contributed by atoms with Gasteiger partial charge in [-0.25, -0.2) is 8.78 Å². The van der Waals surface area contributed by atoms with Gasteiger partial charge < -0.3 is 9.84 Å². The van der Waals surface area contributed by atoms with E-state index in [0.717, 1.165) is 23.5 Å². The number of ether oxygens (including phenoxy) is 1. The summed E-state index contributed by atoms with van der Waals surface area (Å²) in [6.45, 7) is -0.237. The van der Waals surface area contributed by atoms with Crippen molar-refractivity contribution in [3.8, 4) is 10.9 Å². The van der Waals surface area contributed by atoms with E-state index in [-0.39, 0.29) is 17.6 Å². The molecule has 0 radical (unpaired) electrons. The molecular formula is C9H6F2N2O2S. The van der Waals surface area contributed by atoms with Crippen molar-refractivity contribution in [2.24, 2.45) is 0 Å². The molecule has 0 fully saturated rings. The van der Waals surface area contributed by atoms with Gasteiger partial charge in [0.25, 0.3) is 5.19 Å². The van der Waals surface area contributed by atoms with E-state index in [4.69, 9.17) is 9.84 Å². The van der Waals surface area contributed by atoms with E-state index in [1.165, 1.54) is 6.07 Å². The van der Waals surface area contributed by atoms with Gasteiger partial charge in [0.2, 0.25) is 0 Å². The molecule has 7 heteroatoms. The molecule has 1 aromatic heterocycles. The molecular weight excluding hydrogens is 238 g/mol. The largest absolute Gasteiger partial charge is 0.430 e. The molecule has 4 nitrogen and oxygen atoms in total. The average molecular weight is 244 g/mol. The Kier molecular flexibility index (Phi) is 3.07. The number of aliphatic hydroxyl groups excluding tert-OH is 1. The van der Waals surface area contributed by atoms with Gasteiger partial charge in [0.1, 0.15) is 10.8 Å². The summed E-state index contributed by atoms with van der Waals surface area (Å²) >= 11 is 1.03. The topological polar surface area (TPSA) is 55.2 Å². The van der Waals surface area contributed by atoms with Crippen LogP contribution in [0, 0.1) is 11.6 Å². The number of aromatic nitrogens is 2. The van der Waals surface area contributed by atoms with Gasteiger partial charge in [-0.15, -0.1) is 5.10 Å². The Bertz CT molecular complexity index is 504. The van der Waals surface area contributed by atoms with Gasteiger partial charge in [-0.3, -0.25) is 0 Å². The Balaban J connectivity index is 2.17. The molecule has 0 bridgehead atoms. The monoisotopic (exact) mass is 244 g/mol. The third kappa shape index (κ3) is 2.31. The lowest BCUT2D eigenvalue weighted by atomic mass is 10.3. The van der Waals surface area contributed by atoms with Crippen molar-refractivity contribution < 1.29 is 18.6 Å². The molecule has 0 atom stereocenters. The Morgan fingerprint density at radius 2 is 2.06 bits per heavy atom. The highest BCUT2D eigenvalue weighted by Crippen LogP contribution is 2.25. The van der Waals surface area contributed by atoms with Crippen LogP contribution in [0.3, 0.4) is 0 Å². The first-order valence-corrected chi connectivity index (χ1v) is 5.07. The highest BCUT2D eigenvalue weighted by molar-refractivity contribution is 7.13. The quantitative estimate of drug-likeness (QED) is 0.898. The fraction of sp³-hybridized carbons (Fsp3) is 0.111. The first-order chi connectivity index (χ1) is 7.69. The van der Waals surface area contributed by atoms with Crippen LogP contribution in [0.15, 0.2) is 18.2 Å². The summed E-state index contributed by atoms with van der Waals surface area (Å²) in [6.07, 6.45) is 0. The predicted octanol–water partition coefficient (Wildman–Crippen LogP) is 2.10. The molecule has 0 aliphatic heterocycles. The number of hydrogen-bond donors (Lipinski definition) is 1. The van der Waals surface area contributed by atoms with E-state index < -0.39 is 11.6 Å². The van der Waals surface area contributed by atoms with Crippen LogP contribution in [0.4, 0.5) is 8.78 Å². The molecule has 0 aliphatic carbocycles. The summed E-state index contributed by atoms with van der Waals surface area (Å²) < 4.78 is 30.6. The van der Waals surface area contributed by atoms with Crippen LogP contribution >= 0.6 is 11.3 Å². The molecule has 84 valence electrons. The number of nitrogens with zero attached hydrogens (tertiary/aromatic N) is 2. The van der Waals surface area contributed by atoms with Crippen molar-refractivity contribution in [1.29, 1.82) is 0 Å². The van der Waals surface area contributed by atoms with Gasteiger partial charge in [0.05, 0.1) is 6.61 Å². The van der Waals surface area contributed by atoms with Crippen molar-refractivity contribution in [3.05, 3.63) is 34.8 Å². The molecule has 0 aliphatic rings. The minimum atomic E-state index is -0.996. The normalized spacial score (nSPS) is 10.4. The standard InChI is InChI=1S/C9H6F2N2O2S/c10-6-2-1-5(3-7(6)11)15-9-13-12-8(4-14)16-9/h1-3,14H,4H2. The number of hydrogen-bond acceptors (Lipinski definition) is 5. The van der Waals surface area contributed by atoms with Crippen LogP contribution in [0.2, 0.25) is 0 Å². The fourth-order valence-corrected chi connectivity index (χ4v) is 1.55. The molecule has 0 saturated carbocycles. The highest BCUT2D eigenvalue weighted by atomic mass is 32.1. The van der Waals surface area contributed by atoms with Gasteiger partial charge in [-0.05, 0) is 12.1 Å². The predicted molar refractivity (Wildman–Crippen MR) is 52.3 cm³/mol. The minimum Gasteiger partial charge on any atom is -0.430 e. The lowest BCUT2D eigenvalue weighted by Gasteiger charge is -2.00. The van der Waals surface area contributed by atoms with E-state index in [0.29, 0.717) is 5.01 Å². The van der Waals surface area contributed by atoms with Crippen molar-refractivity contribution in [1.82, 2.24) is 10.2 Å². The molecule has 1 heterocycles. The first-order valence-electron chi connectivity index (χ1n) is 4.25. The molecule has 0 amide bonds. The second kappa shape index (κ2) is 4.50. The summed E-state index contributed by atoms with van der Waals surface area (Å²) in [5.74, 6) is -1.82. The maximum absolute atomic E-state index is 12.8. The van der Waals surface area contributed by atoms with Crippen molar-refractivity contribution in [2.45, 2.75) is 6.61 Å². The average Bonchev–Trinajstić information content (AvgIpc) is 2.71. The molecule has 0 spiro atoms. The molecule has 1 N–H and O–H groups in total. The minimum absolute atomic E-state index is 0.125. The van der Waals surface area contributed by atoms with E-state index in [9.17, 15) is 8.78 Å².